The van der Waals surface area contributed by atoms with Crippen LogP contribution in [-0.4, -0.2) is 32.4 Å². The molecule has 1 aliphatic heterocycles. The van der Waals surface area contributed by atoms with Crippen LogP contribution in [0.5, 0.6) is 5.75 Å². The van der Waals surface area contributed by atoms with Crippen molar-refractivity contribution in [1.82, 2.24) is 9.62 Å². The standard InChI is InChI=1S/C25H25ClN2O4S/c1-18(19-7-3-2-4-8-19)27-33(30,31)22-11-12-24(23(26)15-22)32-17-25(29)28-14-13-20-9-5-6-10-21(20)16-28/h2-12,15,18,27H,13-14,16-17H2,1H3/t18-/m0/s1. The lowest BCUT2D eigenvalue weighted by atomic mass is 10.00. The number of hydrogen-bond donors (Lipinski definition) is 1. The molecule has 6 nitrogen and oxygen atoms in total. The van der Waals surface area contributed by atoms with E-state index in [-0.39, 0.29) is 28.2 Å². The maximum absolute atomic E-state index is 12.8. The first kappa shape index (κ1) is 23.3. The summed E-state index contributed by atoms with van der Waals surface area (Å²) < 4.78 is 33.8. The van der Waals surface area contributed by atoms with E-state index in [0.717, 1.165) is 17.5 Å². The van der Waals surface area contributed by atoms with Crippen molar-refractivity contribution in [2.45, 2.75) is 30.8 Å². The Morgan fingerprint density at radius 2 is 1.76 bits per heavy atom. The first-order chi connectivity index (χ1) is 15.8. The van der Waals surface area contributed by atoms with E-state index in [2.05, 4.69) is 10.8 Å². The minimum atomic E-state index is -3.79. The second-order valence-electron chi connectivity index (χ2n) is 7.97. The summed E-state index contributed by atoms with van der Waals surface area (Å²) >= 11 is 6.28. The third kappa shape index (κ3) is 5.55. The zero-order valence-electron chi connectivity index (χ0n) is 18.2. The average Bonchev–Trinajstić information content (AvgIpc) is 2.83. The van der Waals surface area contributed by atoms with Gasteiger partial charge in [0, 0.05) is 19.1 Å². The Morgan fingerprint density at radius 3 is 2.48 bits per heavy atom. The van der Waals surface area contributed by atoms with Crippen molar-refractivity contribution < 1.29 is 17.9 Å². The summed E-state index contributed by atoms with van der Waals surface area (Å²) in [7, 11) is -3.79. The molecule has 1 aliphatic rings. The quantitative estimate of drug-likeness (QED) is 0.541. The highest BCUT2D eigenvalue weighted by Gasteiger charge is 2.22. The summed E-state index contributed by atoms with van der Waals surface area (Å²) in [6.45, 7) is 2.79. The number of benzene rings is 3. The van der Waals surface area contributed by atoms with Gasteiger partial charge in [0.25, 0.3) is 5.91 Å². The number of halogens is 1. The Labute approximate surface area is 199 Å². The number of rotatable bonds is 7. The minimum Gasteiger partial charge on any atom is -0.482 e. The molecule has 33 heavy (non-hydrogen) atoms. The number of carbonyl (C=O) groups excluding carboxylic acids is 1. The zero-order valence-corrected chi connectivity index (χ0v) is 19.8. The van der Waals surface area contributed by atoms with E-state index in [1.165, 1.54) is 23.8 Å². The van der Waals surface area contributed by atoms with Gasteiger partial charge in [-0.1, -0.05) is 66.2 Å². The molecular formula is C25H25ClN2O4S. The molecule has 0 saturated heterocycles. The number of nitrogens with zero attached hydrogens (tertiary/aromatic N) is 1. The highest BCUT2D eigenvalue weighted by atomic mass is 35.5. The van der Waals surface area contributed by atoms with Crippen LogP contribution >= 0.6 is 11.6 Å². The molecule has 0 fully saturated rings. The van der Waals surface area contributed by atoms with Crippen molar-refractivity contribution in [2.75, 3.05) is 13.2 Å². The fourth-order valence-corrected chi connectivity index (χ4v) is 5.37. The van der Waals surface area contributed by atoms with Gasteiger partial charge in [0.2, 0.25) is 10.0 Å². The number of amides is 1. The monoisotopic (exact) mass is 484 g/mol. The van der Waals surface area contributed by atoms with Gasteiger partial charge < -0.3 is 9.64 Å². The van der Waals surface area contributed by atoms with Crippen LogP contribution in [0.2, 0.25) is 5.02 Å². The molecule has 0 aliphatic carbocycles. The molecule has 172 valence electrons. The lowest BCUT2D eigenvalue weighted by molar-refractivity contribution is -0.134. The minimum absolute atomic E-state index is 0.0293. The van der Waals surface area contributed by atoms with Crippen LogP contribution < -0.4 is 9.46 Å². The summed E-state index contributed by atoms with van der Waals surface area (Å²) in [4.78, 5) is 14.4. The maximum Gasteiger partial charge on any atom is 0.260 e. The SMILES string of the molecule is C[C@H](NS(=O)(=O)c1ccc(OCC(=O)N2CCc3ccccc3C2)c(Cl)c1)c1ccccc1. The normalized spacial score (nSPS) is 14.4. The van der Waals surface area contributed by atoms with Gasteiger partial charge in [-0.2, -0.15) is 0 Å². The predicted molar refractivity (Wildman–Crippen MR) is 128 cm³/mol. The van der Waals surface area contributed by atoms with Crippen LogP contribution in [-0.2, 0) is 27.8 Å². The van der Waals surface area contributed by atoms with Crippen LogP contribution in [0.15, 0.2) is 77.7 Å². The molecule has 1 amide bonds. The number of hydrogen-bond acceptors (Lipinski definition) is 4. The lowest BCUT2D eigenvalue weighted by Gasteiger charge is -2.28. The summed E-state index contributed by atoms with van der Waals surface area (Å²) in [6, 6.07) is 21.2. The third-order valence-corrected chi connectivity index (χ3v) is 7.51. The van der Waals surface area contributed by atoms with Gasteiger partial charge in [0.05, 0.1) is 9.92 Å². The zero-order chi connectivity index (χ0) is 23.4. The summed E-state index contributed by atoms with van der Waals surface area (Å²) in [5.74, 6) is 0.119. The largest absolute Gasteiger partial charge is 0.482 e. The van der Waals surface area contributed by atoms with Gasteiger partial charge in [-0.3, -0.25) is 4.79 Å². The first-order valence-electron chi connectivity index (χ1n) is 10.7. The third-order valence-electron chi connectivity index (χ3n) is 5.68. The smallest absolute Gasteiger partial charge is 0.260 e. The number of carbonyl (C=O) groups is 1. The van der Waals surface area contributed by atoms with E-state index >= 15 is 0 Å². The molecule has 1 heterocycles. The average molecular weight is 485 g/mol. The molecule has 3 aromatic carbocycles. The van der Waals surface area contributed by atoms with Crippen molar-refractivity contribution in [3.8, 4) is 5.75 Å². The molecule has 8 heteroatoms. The van der Waals surface area contributed by atoms with Crippen LogP contribution in [0.25, 0.3) is 0 Å². The summed E-state index contributed by atoms with van der Waals surface area (Å²) in [5, 5.41) is 0.127. The van der Waals surface area contributed by atoms with Gasteiger partial charge in [0.1, 0.15) is 5.75 Å². The van der Waals surface area contributed by atoms with Crippen LogP contribution in [0.3, 0.4) is 0 Å². The van der Waals surface area contributed by atoms with E-state index in [4.69, 9.17) is 16.3 Å². The molecule has 1 N–H and O–H groups in total. The Balaban J connectivity index is 1.38. The summed E-state index contributed by atoms with van der Waals surface area (Å²) in [6.07, 6.45) is 0.809. The Kier molecular flexibility index (Phi) is 7.02. The highest BCUT2D eigenvalue weighted by molar-refractivity contribution is 7.89. The molecular weight excluding hydrogens is 460 g/mol. The van der Waals surface area contributed by atoms with E-state index in [0.29, 0.717) is 13.1 Å². The van der Waals surface area contributed by atoms with Gasteiger partial charge in [0.15, 0.2) is 6.61 Å². The van der Waals surface area contributed by atoms with Gasteiger partial charge in [-0.25, -0.2) is 13.1 Å². The van der Waals surface area contributed by atoms with E-state index < -0.39 is 16.1 Å². The number of nitrogens with one attached hydrogen (secondary N) is 1. The number of fused-ring (bicyclic) bond motifs is 1. The summed E-state index contributed by atoms with van der Waals surface area (Å²) in [5.41, 5.74) is 3.26. The molecule has 0 aromatic heterocycles. The Morgan fingerprint density at radius 1 is 1.06 bits per heavy atom. The maximum atomic E-state index is 12.8. The molecule has 1 atom stereocenters. The Bertz CT molecular complexity index is 1250. The number of sulfonamides is 1. The lowest BCUT2D eigenvalue weighted by Crippen LogP contribution is -2.38. The number of ether oxygens (including phenoxy) is 1. The highest BCUT2D eigenvalue weighted by Crippen LogP contribution is 2.28. The fourth-order valence-electron chi connectivity index (χ4n) is 3.82. The van der Waals surface area contributed by atoms with E-state index in [9.17, 15) is 13.2 Å². The van der Waals surface area contributed by atoms with Crippen molar-refractivity contribution in [3.05, 3.63) is 94.5 Å². The molecule has 0 saturated carbocycles. The van der Waals surface area contributed by atoms with Crippen LogP contribution in [0.1, 0.15) is 29.7 Å². The molecule has 4 rings (SSSR count). The molecule has 0 bridgehead atoms. The van der Waals surface area contributed by atoms with Gasteiger partial charge in [-0.05, 0) is 48.2 Å². The first-order valence-corrected chi connectivity index (χ1v) is 12.5. The van der Waals surface area contributed by atoms with Crippen molar-refractivity contribution >= 4 is 27.5 Å². The van der Waals surface area contributed by atoms with E-state index in [1.54, 1.807) is 11.8 Å². The topological polar surface area (TPSA) is 75.7 Å². The van der Waals surface area contributed by atoms with Crippen molar-refractivity contribution in [2.24, 2.45) is 0 Å². The Hall–Kier alpha value is -2.87. The molecule has 0 unspecified atom stereocenters. The van der Waals surface area contributed by atoms with Crippen LogP contribution in [0, 0.1) is 0 Å². The molecule has 0 spiro atoms. The molecule has 3 aromatic rings. The van der Waals surface area contributed by atoms with E-state index in [1.807, 2.05) is 48.5 Å². The van der Waals surface area contributed by atoms with Gasteiger partial charge >= 0.3 is 0 Å². The molecule has 0 radical (unpaired) electrons. The van der Waals surface area contributed by atoms with Crippen molar-refractivity contribution in [1.29, 1.82) is 0 Å². The predicted octanol–water partition coefficient (Wildman–Crippen LogP) is 4.34. The second-order valence-corrected chi connectivity index (χ2v) is 10.1. The van der Waals surface area contributed by atoms with Crippen molar-refractivity contribution in [3.63, 3.8) is 0 Å². The fraction of sp³-hybridized carbons (Fsp3) is 0.240. The van der Waals surface area contributed by atoms with Crippen LogP contribution in [0.4, 0.5) is 0 Å². The second kappa shape index (κ2) is 9.95. The van der Waals surface area contributed by atoms with Gasteiger partial charge in [-0.15, -0.1) is 0 Å².